The Morgan fingerprint density at radius 2 is 1.84 bits per heavy atom. The van der Waals surface area contributed by atoms with Gasteiger partial charge in [0.25, 0.3) is 0 Å². The van der Waals surface area contributed by atoms with Crippen LogP contribution >= 0.6 is 35.3 Å². The van der Waals surface area contributed by atoms with E-state index >= 15 is 0 Å². The molecule has 3 rings (SSSR count). The lowest BCUT2D eigenvalue weighted by Gasteiger charge is -2.01. The summed E-state index contributed by atoms with van der Waals surface area (Å²) < 4.78 is 41.6. The van der Waals surface area contributed by atoms with Gasteiger partial charge in [-0.3, -0.25) is 4.79 Å². The molecule has 0 radical (unpaired) electrons. The summed E-state index contributed by atoms with van der Waals surface area (Å²) in [7, 11) is 0. The van der Waals surface area contributed by atoms with Crippen molar-refractivity contribution in [2.24, 2.45) is 0 Å². The monoisotopic (exact) mass is 398 g/mol. The Balaban J connectivity index is 1.72. The van der Waals surface area contributed by atoms with Gasteiger partial charge in [-0.15, -0.1) is 5.10 Å². The zero-order valence-electron chi connectivity index (χ0n) is 12.4. The van der Waals surface area contributed by atoms with Crippen LogP contribution in [-0.2, 0) is 0 Å². The van der Waals surface area contributed by atoms with Gasteiger partial charge in [0.15, 0.2) is 25.7 Å². The zero-order valence-corrected chi connectivity index (χ0v) is 14.9. The Labute approximate surface area is 154 Å². The lowest BCUT2D eigenvalue weighted by molar-refractivity contribution is 0.102. The van der Waals surface area contributed by atoms with Gasteiger partial charge in [0.1, 0.15) is 5.82 Å². The molecule has 0 saturated carbocycles. The third-order valence-electron chi connectivity index (χ3n) is 3.17. The predicted octanol–water partition coefficient (Wildman–Crippen LogP) is 5.06. The number of benzene rings is 2. The van der Waals surface area contributed by atoms with Crippen LogP contribution in [0.25, 0.3) is 5.69 Å². The summed E-state index contributed by atoms with van der Waals surface area (Å²) in [5.74, 6) is -2.76. The van der Waals surface area contributed by atoms with E-state index < -0.39 is 11.6 Å². The van der Waals surface area contributed by atoms with Gasteiger partial charge in [-0.1, -0.05) is 23.1 Å². The first-order valence-electron chi connectivity index (χ1n) is 6.91. The predicted molar refractivity (Wildman–Crippen MR) is 93.6 cm³/mol. The molecule has 0 saturated heterocycles. The fourth-order valence-electron chi connectivity index (χ4n) is 1.94. The number of carbonyl (C=O) groups excluding carboxylic acids is 1. The molecule has 0 atom stereocenters. The van der Waals surface area contributed by atoms with Crippen molar-refractivity contribution in [3.63, 3.8) is 0 Å². The van der Waals surface area contributed by atoms with Gasteiger partial charge in [0, 0.05) is 5.56 Å². The average Bonchev–Trinajstić information content (AvgIpc) is 2.96. The summed E-state index contributed by atoms with van der Waals surface area (Å²) in [5.41, 5.74) is 0.703. The molecular weight excluding hydrogens is 389 g/mol. The van der Waals surface area contributed by atoms with Crippen LogP contribution in [0.1, 0.15) is 10.4 Å². The van der Waals surface area contributed by atoms with Crippen LogP contribution < -0.4 is 0 Å². The summed E-state index contributed by atoms with van der Waals surface area (Å²) in [6.07, 6.45) is 0. The van der Waals surface area contributed by atoms with Crippen molar-refractivity contribution in [1.29, 1.82) is 0 Å². The highest BCUT2D eigenvalue weighted by molar-refractivity contribution is 8.01. The Bertz CT molecular complexity index is 983. The maximum Gasteiger partial charge on any atom is 0.184 e. The van der Waals surface area contributed by atoms with Crippen LogP contribution in [0.5, 0.6) is 0 Å². The summed E-state index contributed by atoms with van der Waals surface area (Å²) in [6.45, 7) is 0. The molecule has 0 aliphatic rings. The van der Waals surface area contributed by atoms with E-state index in [9.17, 15) is 18.0 Å². The Hall–Kier alpha value is -1.97. The highest BCUT2D eigenvalue weighted by Gasteiger charge is 2.13. The lowest BCUT2D eigenvalue weighted by atomic mass is 10.1. The van der Waals surface area contributed by atoms with Gasteiger partial charge in [-0.25, -0.2) is 17.9 Å². The van der Waals surface area contributed by atoms with Crippen molar-refractivity contribution >= 4 is 41.1 Å². The Kier molecular flexibility index (Phi) is 5.36. The number of rotatable bonds is 5. The minimum Gasteiger partial charge on any atom is -0.293 e. The Morgan fingerprint density at radius 3 is 2.52 bits per heavy atom. The number of carbonyl (C=O) groups is 1. The minimum absolute atomic E-state index is 0.0107. The van der Waals surface area contributed by atoms with Gasteiger partial charge in [0.05, 0.1) is 11.4 Å². The van der Waals surface area contributed by atoms with E-state index in [1.807, 2.05) is 0 Å². The topological polar surface area (TPSA) is 34.9 Å². The van der Waals surface area contributed by atoms with E-state index in [1.165, 1.54) is 34.2 Å². The third kappa shape index (κ3) is 4.17. The number of aromatic nitrogens is 2. The second-order valence-electron chi connectivity index (χ2n) is 4.86. The van der Waals surface area contributed by atoms with Gasteiger partial charge in [-0.05, 0) is 54.7 Å². The molecule has 25 heavy (non-hydrogen) atoms. The molecule has 128 valence electrons. The van der Waals surface area contributed by atoms with Crippen molar-refractivity contribution in [3.8, 4) is 5.69 Å². The van der Waals surface area contributed by atoms with Crippen molar-refractivity contribution < 1.29 is 18.0 Å². The number of Topliss-reactive ketones (excluding diaryl/α,β-unsaturated/α-hetero) is 1. The summed E-state index contributed by atoms with van der Waals surface area (Å²) in [6, 6.07) is 8.72. The molecule has 0 aliphatic carbocycles. The van der Waals surface area contributed by atoms with E-state index in [-0.39, 0.29) is 22.9 Å². The van der Waals surface area contributed by atoms with Gasteiger partial charge in [0.2, 0.25) is 0 Å². The van der Waals surface area contributed by atoms with Crippen LogP contribution in [0, 0.1) is 21.4 Å². The molecule has 0 amide bonds. The third-order valence-corrected chi connectivity index (χ3v) is 5.53. The Morgan fingerprint density at radius 1 is 1.12 bits per heavy atom. The zero-order chi connectivity index (χ0) is 18.0. The van der Waals surface area contributed by atoms with E-state index in [4.69, 9.17) is 12.2 Å². The van der Waals surface area contributed by atoms with Crippen molar-refractivity contribution in [2.45, 2.75) is 4.34 Å². The summed E-state index contributed by atoms with van der Waals surface area (Å²) in [5, 5.41) is 4.29. The van der Waals surface area contributed by atoms with Gasteiger partial charge < -0.3 is 0 Å². The smallest absolute Gasteiger partial charge is 0.184 e. The van der Waals surface area contributed by atoms with Crippen LogP contribution in [-0.4, -0.2) is 21.3 Å². The maximum atomic E-state index is 13.2. The highest BCUT2D eigenvalue weighted by Crippen LogP contribution is 2.25. The van der Waals surface area contributed by atoms with Crippen molar-refractivity contribution in [1.82, 2.24) is 9.78 Å². The lowest BCUT2D eigenvalue weighted by Crippen LogP contribution is -2.03. The number of thioether (sulfide) groups is 1. The molecule has 1 heterocycles. The molecule has 0 unspecified atom stereocenters. The van der Waals surface area contributed by atoms with Crippen LogP contribution in [0.15, 0.2) is 46.8 Å². The van der Waals surface area contributed by atoms with E-state index in [0.717, 1.165) is 23.9 Å². The molecule has 0 bridgehead atoms. The van der Waals surface area contributed by atoms with E-state index in [2.05, 4.69) is 5.10 Å². The summed E-state index contributed by atoms with van der Waals surface area (Å²) in [4.78, 5) is 12.1. The molecule has 1 aromatic heterocycles. The first kappa shape index (κ1) is 17.8. The van der Waals surface area contributed by atoms with Gasteiger partial charge in [-0.2, -0.15) is 0 Å². The van der Waals surface area contributed by atoms with Crippen LogP contribution in [0.3, 0.4) is 0 Å². The standard InChI is InChI=1S/C16H9F3N2OS3/c17-10-2-4-11(5-3-10)21-16(23)25-15(20-21)24-8-14(22)9-1-6-12(18)13(19)7-9/h1-7H,8H2. The first-order valence-corrected chi connectivity index (χ1v) is 9.12. The van der Waals surface area contributed by atoms with Gasteiger partial charge >= 0.3 is 0 Å². The van der Waals surface area contributed by atoms with Crippen LogP contribution in [0.2, 0.25) is 0 Å². The summed E-state index contributed by atoms with van der Waals surface area (Å²) >= 11 is 7.58. The molecule has 0 aliphatic heterocycles. The number of hydrogen-bond donors (Lipinski definition) is 0. The normalized spacial score (nSPS) is 10.8. The molecule has 3 aromatic rings. The molecule has 0 N–H and O–H groups in total. The maximum absolute atomic E-state index is 13.2. The number of ketones is 1. The highest BCUT2D eigenvalue weighted by atomic mass is 32.2. The van der Waals surface area contributed by atoms with E-state index in [1.54, 1.807) is 12.1 Å². The molecule has 0 spiro atoms. The molecule has 0 fully saturated rings. The number of halogens is 3. The van der Waals surface area contributed by atoms with Crippen molar-refractivity contribution in [3.05, 3.63) is 69.4 Å². The minimum atomic E-state index is -1.06. The fourth-order valence-corrected chi connectivity index (χ4v) is 4.20. The number of nitrogens with zero attached hydrogens (tertiary/aromatic N) is 2. The van der Waals surface area contributed by atoms with Crippen LogP contribution in [0.4, 0.5) is 13.2 Å². The second-order valence-corrected chi connectivity index (χ2v) is 7.71. The first-order chi connectivity index (χ1) is 11.9. The molecule has 2 aromatic carbocycles. The number of hydrogen-bond acceptors (Lipinski definition) is 5. The van der Waals surface area contributed by atoms with Crippen molar-refractivity contribution in [2.75, 3.05) is 5.75 Å². The average molecular weight is 398 g/mol. The molecular formula is C16H9F3N2OS3. The largest absolute Gasteiger partial charge is 0.293 e. The molecule has 3 nitrogen and oxygen atoms in total. The SMILES string of the molecule is O=C(CSc1nn(-c2ccc(F)cc2)c(=S)s1)c1ccc(F)c(F)c1. The van der Waals surface area contributed by atoms with E-state index in [0.29, 0.717) is 14.0 Å². The molecule has 9 heteroatoms. The fraction of sp³-hybridized carbons (Fsp3) is 0.0625. The second kappa shape index (κ2) is 7.51. The quantitative estimate of drug-likeness (QED) is 0.342.